The molecular formula is C20H28N4O. The number of hydrogen-bond acceptors (Lipinski definition) is 3. The van der Waals surface area contributed by atoms with Crippen molar-refractivity contribution in [2.75, 3.05) is 0 Å². The number of carbonyl (C=O) groups excluding carboxylic acids is 1. The van der Waals surface area contributed by atoms with E-state index in [1.54, 1.807) is 4.68 Å². The van der Waals surface area contributed by atoms with Crippen LogP contribution in [0.25, 0.3) is 5.69 Å². The molecule has 5 heteroatoms. The summed E-state index contributed by atoms with van der Waals surface area (Å²) in [7, 11) is 0. The van der Waals surface area contributed by atoms with Gasteiger partial charge in [0.05, 0.1) is 11.4 Å². The van der Waals surface area contributed by atoms with Gasteiger partial charge in [-0.25, -0.2) is 4.68 Å². The highest BCUT2D eigenvalue weighted by atomic mass is 16.2. The fraction of sp³-hybridized carbons (Fsp3) is 0.550. The lowest BCUT2D eigenvalue weighted by molar-refractivity contribution is 0.0924. The van der Waals surface area contributed by atoms with E-state index < -0.39 is 0 Å². The number of carbonyl (C=O) groups is 1. The van der Waals surface area contributed by atoms with Gasteiger partial charge in [-0.15, -0.1) is 5.10 Å². The number of nitrogens with zero attached hydrogens (tertiary/aromatic N) is 3. The van der Waals surface area contributed by atoms with E-state index in [1.165, 1.54) is 43.2 Å². The van der Waals surface area contributed by atoms with Crippen LogP contribution < -0.4 is 5.32 Å². The van der Waals surface area contributed by atoms with Crippen LogP contribution in [-0.2, 0) is 0 Å². The summed E-state index contributed by atoms with van der Waals surface area (Å²) in [5, 5.41) is 11.5. The average molecular weight is 340 g/mol. The van der Waals surface area contributed by atoms with E-state index in [2.05, 4.69) is 41.6 Å². The number of hydrogen-bond donors (Lipinski definition) is 1. The lowest BCUT2D eigenvalue weighted by Gasteiger charge is -2.20. The smallest absolute Gasteiger partial charge is 0.273 e. The van der Waals surface area contributed by atoms with Gasteiger partial charge in [0.2, 0.25) is 0 Å². The number of aryl methyl sites for hydroxylation is 2. The maximum absolute atomic E-state index is 12.7. The van der Waals surface area contributed by atoms with Gasteiger partial charge >= 0.3 is 0 Å². The lowest BCUT2D eigenvalue weighted by Crippen LogP contribution is -2.35. The van der Waals surface area contributed by atoms with Crippen molar-refractivity contribution in [3.8, 4) is 5.69 Å². The van der Waals surface area contributed by atoms with Gasteiger partial charge in [-0.2, -0.15) is 0 Å². The normalized spacial score (nSPS) is 16.3. The first-order valence-corrected chi connectivity index (χ1v) is 9.37. The first kappa shape index (κ1) is 17.6. The van der Waals surface area contributed by atoms with Gasteiger partial charge in [0, 0.05) is 6.04 Å². The maximum atomic E-state index is 12.7. The minimum Gasteiger partial charge on any atom is -0.348 e. The molecule has 1 fully saturated rings. The molecule has 2 aromatic rings. The van der Waals surface area contributed by atoms with Crippen molar-refractivity contribution in [1.82, 2.24) is 20.3 Å². The molecule has 0 saturated heterocycles. The summed E-state index contributed by atoms with van der Waals surface area (Å²) in [5.74, 6) is -0.0989. The number of rotatable bonds is 3. The summed E-state index contributed by atoms with van der Waals surface area (Å²) in [4.78, 5) is 12.7. The van der Waals surface area contributed by atoms with Gasteiger partial charge < -0.3 is 5.32 Å². The van der Waals surface area contributed by atoms with Crippen LogP contribution in [0.1, 0.15) is 72.3 Å². The van der Waals surface area contributed by atoms with Crippen molar-refractivity contribution in [3.63, 3.8) is 0 Å². The second-order valence-electron chi connectivity index (χ2n) is 7.22. The molecule has 0 atom stereocenters. The van der Waals surface area contributed by atoms with Gasteiger partial charge in [0.15, 0.2) is 5.69 Å². The third-order valence-corrected chi connectivity index (χ3v) is 5.29. The Labute approximate surface area is 149 Å². The summed E-state index contributed by atoms with van der Waals surface area (Å²) in [6.07, 6.45) is 8.39. The summed E-state index contributed by atoms with van der Waals surface area (Å²) >= 11 is 0. The lowest BCUT2D eigenvalue weighted by atomic mass is 9.96. The average Bonchev–Trinajstić information content (AvgIpc) is 2.94. The molecule has 134 valence electrons. The SMILES string of the molecule is Cc1ccc(-n2nnc(C(=O)NC3CCCCCCC3)c2C)cc1C. The van der Waals surface area contributed by atoms with Crippen molar-refractivity contribution >= 4 is 5.91 Å². The highest BCUT2D eigenvalue weighted by Crippen LogP contribution is 2.19. The summed E-state index contributed by atoms with van der Waals surface area (Å²) in [6.45, 7) is 6.07. The molecule has 0 radical (unpaired) electrons. The molecule has 1 saturated carbocycles. The Morgan fingerprint density at radius 2 is 1.72 bits per heavy atom. The number of amides is 1. The van der Waals surface area contributed by atoms with Crippen LogP contribution in [-0.4, -0.2) is 26.9 Å². The Morgan fingerprint density at radius 1 is 1.04 bits per heavy atom. The van der Waals surface area contributed by atoms with Crippen LogP contribution in [0, 0.1) is 20.8 Å². The highest BCUT2D eigenvalue weighted by Gasteiger charge is 2.21. The summed E-state index contributed by atoms with van der Waals surface area (Å²) in [5.41, 5.74) is 4.60. The van der Waals surface area contributed by atoms with Crippen molar-refractivity contribution < 1.29 is 4.79 Å². The molecular weight excluding hydrogens is 312 g/mol. The molecule has 0 spiro atoms. The molecule has 1 heterocycles. The fourth-order valence-electron chi connectivity index (χ4n) is 3.50. The third kappa shape index (κ3) is 4.09. The van der Waals surface area contributed by atoms with Crippen LogP contribution in [0.2, 0.25) is 0 Å². The van der Waals surface area contributed by atoms with Gasteiger partial charge in [0.1, 0.15) is 0 Å². The standard InChI is InChI=1S/C20H28N4O/c1-14-11-12-18(13-15(14)2)24-16(3)19(22-23-24)20(25)21-17-9-7-5-4-6-8-10-17/h11-13,17H,4-10H2,1-3H3,(H,21,25). The highest BCUT2D eigenvalue weighted by molar-refractivity contribution is 5.93. The van der Waals surface area contributed by atoms with E-state index in [0.29, 0.717) is 5.69 Å². The molecule has 1 N–H and O–H groups in total. The summed E-state index contributed by atoms with van der Waals surface area (Å²) < 4.78 is 1.75. The second-order valence-corrected chi connectivity index (χ2v) is 7.22. The Bertz CT molecular complexity index is 742. The molecule has 1 aliphatic carbocycles. The predicted octanol–water partition coefficient (Wildman–Crippen LogP) is 4.04. The molecule has 1 aromatic heterocycles. The maximum Gasteiger partial charge on any atom is 0.273 e. The van der Waals surface area contributed by atoms with E-state index in [4.69, 9.17) is 0 Å². The van der Waals surface area contributed by atoms with Crippen LogP contribution in [0.4, 0.5) is 0 Å². The Kier molecular flexibility index (Phi) is 5.51. The van der Waals surface area contributed by atoms with Crippen LogP contribution in [0.15, 0.2) is 18.2 Å². The zero-order valence-electron chi connectivity index (χ0n) is 15.5. The van der Waals surface area contributed by atoms with Crippen molar-refractivity contribution in [2.45, 2.75) is 71.8 Å². The van der Waals surface area contributed by atoms with E-state index in [9.17, 15) is 4.79 Å². The van der Waals surface area contributed by atoms with Gasteiger partial charge in [-0.1, -0.05) is 43.4 Å². The first-order chi connectivity index (χ1) is 12.1. The van der Waals surface area contributed by atoms with Crippen LogP contribution in [0.3, 0.4) is 0 Å². The van der Waals surface area contributed by atoms with Gasteiger partial charge in [-0.3, -0.25) is 4.79 Å². The van der Waals surface area contributed by atoms with Crippen LogP contribution >= 0.6 is 0 Å². The topological polar surface area (TPSA) is 59.8 Å². The first-order valence-electron chi connectivity index (χ1n) is 9.37. The molecule has 1 aromatic carbocycles. The molecule has 0 unspecified atom stereocenters. The number of benzene rings is 1. The van der Waals surface area contributed by atoms with Gasteiger partial charge in [0.25, 0.3) is 5.91 Å². The fourth-order valence-corrected chi connectivity index (χ4v) is 3.50. The Hall–Kier alpha value is -2.17. The molecule has 1 aliphatic rings. The van der Waals surface area contributed by atoms with Crippen LogP contribution in [0.5, 0.6) is 0 Å². The molecule has 0 aliphatic heterocycles. The summed E-state index contributed by atoms with van der Waals surface area (Å²) in [6, 6.07) is 6.42. The molecule has 0 bridgehead atoms. The minimum absolute atomic E-state index is 0.0989. The monoisotopic (exact) mass is 340 g/mol. The van der Waals surface area contributed by atoms with Crippen molar-refractivity contribution in [1.29, 1.82) is 0 Å². The molecule has 5 nitrogen and oxygen atoms in total. The number of aromatic nitrogens is 3. The van der Waals surface area contributed by atoms with E-state index >= 15 is 0 Å². The largest absolute Gasteiger partial charge is 0.348 e. The second kappa shape index (κ2) is 7.81. The zero-order chi connectivity index (χ0) is 17.8. The van der Waals surface area contributed by atoms with Crippen molar-refractivity contribution in [2.24, 2.45) is 0 Å². The Morgan fingerprint density at radius 3 is 2.40 bits per heavy atom. The molecule has 25 heavy (non-hydrogen) atoms. The Balaban J connectivity index is 1.75. The van der Waals surface area contributed by atoms with E-state index in [-0.39, 0.29) is 11.9 Å². The predicted molar refractivity (Wildman–Crippen MR) is 99.1 cm³/mol. The molecule has 3 rings (SSSR count). The minimum atomic E-state index is -0.0989. The molecule has 1 amide bonds. The van der Waals surface area contributed by atoms with Gasteiger partial charge in [-0.05, 0) is 56.9 Å². The number of nitrogens with one attached hydrogen (secondary N) is 1. The quantitative estimate of drug-likeness (QED) is 0.917. The van der Waals surface area contributed by atoms with E-state index in [0.717, 1.165) is 24.2 Å². The zero-order valence-corrected chi connectivity index (χ0v) is 15.5. The van der Waals surface area contributed by atoms with Crippen molar-refractivity contribution in [3.05, 3.63) is 40.7 Å². The third-order valence-electron chi connectivity index (χ3n) is 5.29. The van der Waals surface area contributed by atoms with E-state index in [1.807, 2.05) is 13.0 Å².